The SMILES string of the molecule is COCCCCOc1cccc(NC(=O)c2ccc3ncccc3c2)c1. The molecule has 5 heteroatoms. The van der Waals surface area contributed by atoms with Gasteiger partial charge in [0, 0.05) is 42.6 Å². The molecule has 3 aromatic rings. The summed E-state index contributed by atoms with van der Waals surface area (Å²) in [5.41, 5.74) is 2.17. The number of ether oxygens (including phenoxy) is 2. The number of anilines is 1. The van der Waals surface area contributed by atoms with Crippen molar-refractivity contribution in [3.8, 4) is 5.75 Å². The van der Waals surface area contributed by atoms with E-state index in [9.17, 15) is 4.79 Å². The van der Waals surface area contributed by atoms with Gasteiger partial charge in [-0.1, -0.05) is 12.1 Å². The van der Waals surface area contributed by atoms with Gasteiger partial charge in [-0.25, -0.2) is 0 Å². The Bertz CT molecular complexity index is 880. The maximum absolute atomic E-state index is 12.5. The van der Waals surface area contributed by atoms with Crippen LogP contribution in [0.25, 0.3) is 10.9 Å². The molecule has 1 N–H and O–H groups in total. The maximum atomic E-state index is 12.5. The van der Waals surface area contributed by atoms with E-state index in [0.717, 1.165) is 36.1 Å². The molecule has 0 bridgehead atoms. The fraction of sp³-hybridized carbons (Fsp3) is 0.238. The maximum Gasteiger partial charge on any atom is 0.255 e. The zero-order valence-electron chi connectivity index (χ0n) is 14.8. The van der Waals surface area contributed by atoms with Crippen LogP contribution in [0.4, 0.5) is 5.69 Å². The fourth-order valence-electron chi connectivity index (χ4n) is 2.62. The number of aromatic nitrogens is 1. The van der Waals surface area contributed by atoms with Crippen LogP contribution in [-0.4, -0.2) is 31.2 Å². The van der Waals surface area contributed by atoms with E-state index in [2.05, 4.69) is 10.3 Å². The number of pyridine rings is 1. The molecule has 2 aromatic carbocycles. The van der Waals surface area contributed by atoms with Gasteiger partial charge in [0.2, 0.25) is 0 Å². The summed E-state index contributed by atoms with van der Waals surface area (Å²) in [4.78, 5) is 16.8. The minimum atomic E-state index is -0.159. The molecule has 134 valence electrons. The molecule has 0 aliphatic rings. The molecule has 0 aliphatic carbocycles. The van der Waals surface area contributed by atoms with Gasteiger partial charge >= 0.3 is 0 Å². The number of amides is 1. The molecular formula is C21H22N2O3. The Kier molecular flexibility index (Phi) is 6.17. The van der Waals surface area contributed by atoms with Crippen LogP contribution in [0.15, 0.2) is 60.8 Å². The Morgan fingerprint density at radius 1 is 1.04 bits per heavy atom. The summed E-state index contributed by atoms with van der Waals surface area (Å²) in [6.45, 7) is 1.36. The molecule has 0 unspecified atom stereocenters. The molecule has 3 rings (SSSR count). The second kappa shape index (κ2) is 8.97. The smallest absolute Gasteiger partial charge is 0.255 e. The number of hydrogen-bond donors (Lipinski definition) is 1. The van der Waals surface area contributed by atoms with E-state index >= 15 is 0 Å². The largest absolute Gasteiger partial charge is 0.494 e. The number of hydrogen-bond acceptors (Lipinski definition) is 4. The lowest BCUT2D eigenvalue weighted by Gasteiger charge is -2.09. The molecular weight excluding hydrogens is 328 g/mol. The van der Waals surface area contributed by atoms with Crippen molar-refractivity contribution in [3.05, 3.63) is 66.4 Å². The predicted molar refractivity (Wildman–Crippen MR) is 103 cm³/mol. The van der Waals surface area contributed by atoms with Gasteiger partial charge in [-0.05, 0) is 49.2 Å². The number of carbonyl (C=O) groups excluding carboxylic acids is 1. The second-order valence-electron chi connectivity index (χ2n) is 5.94. The van der Waals surface area contributed by atoms with Crippen LogP contribution in [0.3, 0.4) is 0 Å². The number of nitrogens with zero attached hydrogens (tertiary/aromatic N) is 1. The standard InChI is InChI=1S/C21H22N2O3/c1-25-12-2-3-13-26-19-8-4-7-18(15-19)23-21(24)17-9-10-20-16(14-17)6-5-11-22-20/h4-11,14-15H,2-3,12-13H2,1H3,(H,23,24). The van der Waals surface area contributed by atoms with Gasteiger partial charge in [-0.3, -0.25) is 9.78 Å². The van der Waals surface area contributed by atoms with Gasteiger partial charge < -0.3 is 14.8 Å². The lowest BCUT2D eigenvalue weighted by molar-refractivity contribution is 0.102. The number of benzene rings is 2. The van der Waals surface area contributed by atoms with E-state index in [-0.39, 0.29) is 5.91 Å². The molecule has 0 aliphatic heterocycles. The van der Waals surface area contributed by atoms with Crippen LogP contribution in [-0.2, 0) is 4.74 Å². The first-order valence-corrected chi connectivity index (χ1v) is 8.64. The topological polar surface area (TPSA) is 60.5 Å². The first-order chi connectivity index (χ1) is 12.8. The molecule has 5 nitrogen and oxygen atoms in total. The molecule has 1 aromatic heterocycles. The van der Waals surface area contributed by atoms with Gasteiger partial charge in [0.25, 0.3) is 5.91 Å². The summed E-state index contributed by atoms with van der Waals surface area (Å²) in [5.74, 6) is 0.580. The highest BCUT2D eigenvalue weighted by Crippen LogP contribution is 2.19. The van der Waals surface area contributed by atoms with Crippen LogP contribution in [0.2, 0.25) is 0 Å². The van der Waals surface area contributed by atoms with Gasteiger partial charge in [-0.2, -0.15) is 0 Å². The molecule has 1 heterocycles. The minimum Gasteiger partial charge on any atom is -0.494 e. The molecule has 0 spiro atoms. The monoisotopic (exact) mass is 350 g/mol. The van der Waals surface area contributed by atoms with Crippen LogP contribution >= 0.6 is 0 Å². The second-order valence-corrected chi connectivity index (χ2v) is 5.94. The van der Waals surface area contributed by atoms with Gasteiger partial charge in [0.1, 0.15) is 5.75 Å². The van der Waals surface area contributed by atoms with Crippen molar-refractivity contribution < 1.29 is 14.3 Å². The average molecular weight is 350 g/mol. The minimum absolute atomic E-state index is 0.159. The van der Waals surface area contributed by atoms with Crippen molar-refractivity contribution in [2.75, 3.05) is 25.6 Å². The molecule has 0 radical (unpaired) electrons. The van der Waals surface area contributed by atoms with E-state index in [1.54, 1.807) is 19.4 Å². The van der Waals surface area contributed by atoms with E-state index in [1.807, 2.05) is 48.5 Å². The lowest BCUT2D eigenvalue weighted by atomic mass is 10.1. The predicted octanol–water partition coefficient (Wildman–Crippen LogP) is 4.29. The first kappa shape index (κ1) is 17.9. The highest BCUT2D eigenvalue weighted by Gasteiger charge is 2.08. The highest BCUT2D eigenvalue weighted by atomic mass is 16.5. The summed E-state index contributed by atoms with van der Waals surface area (Å²) in [6, 6.07) is 16.7. The number of nitrogens with one attached hydrogen (secondary N) is 1. The quantitative estimate of drug-likeness (QED) is 0.616. The summed E-state index contributed by atoms with van der Waals surface area (Å²) in [6.07, 6.45) is 3.63. The molecule has 0 fully saturated rings. The number of carbonyl (C=O) groups is 1. The van der Waals surface area contributed by atoms with Crippen molar-refractivity contribution in [2.45, 2.75) is 12.8 Å². The zero-order valence-corrected chi connectivity index (χ0v) is 14.8. The first-order valence-electron chi connectivity index (χ1n) is 8.64. The Labute approximate surface area is 153 Å². The summed E-state index contributed by atoms with van der Waals surface area (Å²) >= 11 is 0. The number of unbranched alkanes of at least 4 members (excludes halogenated alkanes) is 1. The Morgan fingerprint density at radius 2 is 1.92 bits per heavy atom. The summed E-state index contributed by atoms with van der Waals surface area (Å²) in [7, 11) is 1.69. The third-order valence-corrected chi connectivity index (χ3v) is 3.97. The zero-order chi connectivity index (χ0) is 18.2. The third kappa shape index (κ3) is 4.80. The summed E-state index contributed by atoms with van der Waals surface area (Å²) in [5, 5.41) is 3.85. The van der Waals surface area contributed by atoms with Gasteiger partial charge in [0.15, 0.2) is 0 Å². The summed E-state index contributed by atoms with van der Waals surface area (Å²) < 4.78 is 10.7. The van der Waals surface area contributed by atoms with E-state index in [1.165, 1.54) is 0 Å². The molecule has 1 amide bonds. The van der Waals surface area contributed by atoms with Crippen LogP contribution in [0.1, 0.15) is 23.2 Å². The Hall–Kier alpha value is -2.92. The van der Waals surface area contributed by atoms with Crippen LogP contribution in [0.5, 0.6) is 5.75 Å². The van der Waals surface area contributed by atoms with Crippen molar-refractivity contribution in [2.24, 2.45) is 0 Å². The van der Waals surface area contributed by atoms with Crippen molar-refractivity contribution in [1.82, 2.24) is 4.98 Å². The molecule has 0 saturated carbocycles. The molecule has 0 atom stereocenters. The average Bonchev–Trinajstić information content (AvgIpc) is 2.68. The molecule has 0 saturated heterocycles. The Balaban J connectivity index is 1.62. The lowest BCUT2D eigenvalue weighted by Crippen LogP contribution is -2.12. The Morgan fingerprint density at radius 3 is 2.81 bits per heavy atom. The van der Waals surface area contributed by atoms with Gasteiger partial charge in [-0.15, -0.1) is 0 Å². The highest BCUT2D eigenvalue weighted by molar-refractivity contribution is 6.06. The van der Waals surface area contributed by atoms with Crippen LogP contribution in [0, 0.1) is 0 Å². The number of rotatable bonds is 8. The van der Waals surface area contributed by atoms with Crippen LogP contribution < -0.4 is 10.1 Å². The van der Waals surface area contributed by atoms with E-state index in [0.29, 0.717) is 17.9 Å². The van der Waals surface area contributed by atoms with Crippen molar-refractivity contribution in [3.63, 3.8) is 0 Å². The van der Waals surface area contributed by atoms with E-state index in [4.69, 9.17) is 9.47 Å². The number of fused-ring (bicyclic) bond motifs is 1. The normalized spacial score (nSPS) is 10.7. The van der Waals surface area contributed by atoms with Crippen molar-refractivity contribution in [1.29, 1.82) is 0 Å². The molecule has 26 heavy (non-hydrogen) atoms. The fourth-order valence-corrected chi connectivity index (χ4v) is 2.62. The number of methoxy groups -OCH3 is 1. The van der Waals surface area contributed by atoms with E-state index < -0.39 is 0 Å². The third-order valence-electron chi connectivity index (χ3n) is 3.97. The van der Waals surface area contributed by atoms with Gasteiger partial charge in [0.05, 0.1) is 12.1 Å². The van der Waals surface area contributed by atoms with Crippen molar-refractivity contribution >= 4 is 22.5 Å².